The number of benzene rings is 1. The number of carboxylic acid groups (broad SMARTS) is 1. The molecule has 0 bridgehead atoms. The van der Waals surface area contributed by atoms with Crippen LogP contribution in [0.2, 0.25) is 0 Å². The van der Waals surface area contributed by atoms with Crippen molar-refractivity contribution < 1.29 is 14.1 Å². The molecule has 1 aromatic rings. The molecule has 2 atom stereocenters. The normalized spacial score (nSPS) is 14.6. The Balaban J connectivity index is 3.19. The number of aliphatic carboxylic acids is 1. The third kappa shape index (κ3) is 5.17. The highest BCUT2D eigenvalue weighted by molar-refractivity contribution is 7.84. The fourth-order valence-corrected chi connectivity index (χ4v) is 2.82. The van der Waals surface area contributed by atoms with Crippen molar-refractivity contribution in [2.75, 3.05) is 0 Å². The van der Waals surface area contributed by atoms with Crippen LogP contribution in [0.4, 0.5) is 0 Å². The minimum absolute atomic E-state index is 0.00870. The Morgan fingerprint density at radius 3 is 2.00 bits per heavy atom. The maximum atomic E-state index is 12.3. The molecule has 0 radical (unpaired) electrons. The second-order valence-electron chi connectivity index (χ2n) is 7.69. The highest BCUT2D eigenvalue weighted by atomic mass is 32.2. The molecule has 2 N–H and O–H groups in total. The van der Waals surface area contributed by atoms with Crippen LogP contribution in [0.3, 0.4) is 0 Å². The minimum Gasteiger partial charge on any atom is -0.480 e. The van der Waals surface area contributed by atoms with Crippen LogP contribution < -0.4 is 4.72 Å². The zero-order valence-electron chi connectivity index (χ0n) is 15.3. The molecular weight excluding hydrogens is 322 g/mol. The molecule has 1 unspecified atom stereocenters. The van der Waals surface area contributed by atoms with Gasteiger partial charge in [0, 0.05) is 5.57 Å². The molecule has 0 saturated carbocycles. The van der Waals surface area contributed by atoms with Crippen molar-refractivity contribution in [2.45, 2.75) is 57.7 Å². The van der Waals surface area contributed by atoms with Gasteiger partial charge in [-0.3, -0.25) is 4.79 Å². The van der Waals surface area contributed by atoms with Gasteiger partial charge in [0.2, 0.25) is 0 Å². The second kappa shape index (κ2) is 7.47. The Hall–Kier alpha value is -1.68. The van der Waals surface area contributed by atoms with E-state index in [1.165, 1.54) is 0 Å². The number of hydrogen-bond donors (Lipinski definition) is 2. The summed E-state index contributed by atoms with van der Waals surface area (Å²) >= 11 is 0. The molecule has 0 fully saturated rings. The molecule has 0 aliphatic carbocycles. The monoisotopic (exact) mass is 349 g/mol. The van der Waals surface area contributed by atoms with Gasteiger partial charge >= 0.3 is 5.97 Å². The Labute approximate surface area is 147 Å². The molecule has 0 aliphatic heterocycles. The van der Waals surface area contributed by atoms with Crippen molar-refractivity contribution in [3.63, 3.8) is 0 Å². The van der Waals surface area contributed by atoms with Gasteiger partial charge in [0.05, 0.1) is 15.7 Å². The quantitative estimate of drug-likeness (QED) is 0.797. The summed E-state index contributed by atoms with van der Waals surface area (Å²) in [6.07, 6.45) is 0. The Morgan fingerprint density at radius 1 is 1.17 bits per heavy atom. The maximum Gasteiger partial charge on any atom is 0.326 e. The molecule has 0 aliphatic rings. The molecule has 5 heteroatoms. The van der Waals surface area contributed by atoms with E-state index in [-0.39, 0.29) is 5.41 Å². The lowest BCUT2D eigenvalue weighted by molar-refractivity contribution is -0.137. The molecule has 0 saturated heterocycles. The van der Waals surface area contributed by atoms with Crippen molar-refractivity contribution in [1.29, 1.82) is 0 Å². The van der Waals surface area contributed by atoms with E-state index >= 15 is 0 Å². The molecule has 0 heterocycles. The number of nitrogens with one attached hydrogen (secondary N) is 1. The largest absolute Gasteiger partial charge is 0.480 e. The second-order valence-corrected chi connectivity index (χ2v) is 9.69. The first-order chi connectivity index (χ1) is 10.9. The summed E-state index contributed by atoms with van der Waals surface area (Å²) in [6, 6.07) is 6.50. The van der Waals surface area contributed by atoms with E-state index in [0.29, 0.717) is 11.1 Å². The van der Waals surface area contributed by atoms with Crippen LogP contribution in [0.5, 0.6) is 0 Å². The molecule has 0 aromatic heterocycles. The SMILES string of the molecule is C=C=C(c1ccc(C(C)(C)C)cc1)[C@H](NS(=O)C(C)(C)C)C(=O)O. The van der Waals surface area contributed by atoms with Crippen molar-refractivity contribution in [2.24, 2.45) is 0 Å². The number of hydrogen-bond acceptors (Lipinski definition) is 2. The summed E-state index contributed by atoms with van der Waals surface area (Å²) in [5.41, 5.74) is 4.93. The van der Waals surface area contributed by atoms with Gasteiger partial charge in [0.25, 0.3) is 0 Å². The fraction of sp³-hybridized carbons (Fsp3) is 0.474. The van der Waals surface area contributed by atoms with E-state index in [1.54, 1.807) is 20.8 Å². The molecule has 1 rings (SSSR count). The molecule has 0 amide bonds. The van der Waals surface area contributed by atoms with Gasteiger partial charge < -0.3 is 5.11 Å². The maximum absolute atomic E-state index is 12.3. The van der Waals surface area contributed by atoms with Crippen molar-refractivity contribution >= 4 is 22.5 Å². The van der Waals surface area contributed by atoms with Gasteiger partial charge in [-0.2, -0.15) is 0 Å². The number of carboxylic acids is 1. The van der Waals surface area contributed by atoms with E-state index in [9.17, 15) is 14.1 Å². The average Bonchev–Trinajstić information content (AvgIpc) is 2.45. The first kappa shape index (κ1) is 20.4. The van der Waals surface area contributed by atoms with E-state index in [0.717, 1.165) is 5.56 Å². The van der Waals surface area contributed by atoms with Crippen molar-refractivity contribution in [1.82, 2.24) is 4.72 Å². The molecule has 4 nitrogen and oxygen atoms in total. The van der Waals surface area contributed by atoms with Crippen LogP contribution in [0.1, 0.15) is 52.7 Å². The van der Waals surface area contributed by atoms with E-state index in [4.69, 9.17) is 0 Å². The molecule has 132 valence electrons. The van der Waals surface area contributed by atoms with Crippen molar-refractivity contribution in [3.05, 3.63) is 47.7 Å². The number of carbonyl (C=O) groups is 1. The predicted octanol–water partition coefficient (Wildman–Crippen LogP) is 3.66. The van der Waals surface area contributed by atoms with Crippen LogP contribution in [0.15, 0.2) is 36.6 Å². The first-order valence-electron chi connectivity index (χ1n) is 7.79. The lowest BCUT2D eigenvalue weighted by Gasteiger charge is -2.23. The summed E-state index contributed by atoms with van der Waals surface area (Å²) in [4.78, 5) is 11.7. The van der Waals surface area contributed by atoms with Gasteiger partial charge in [-0.15, -0.1) is 5.73 Å². The van der Waals surface area contributed by atoms with E-state index in [2.05, 4.69) is 37.8 Å². The Bertz CT molecular complexity index is 672. The molecular formula is C19H27NO3S. The van der Waals surface area contributed by atoms with Crippen molar-refractivity contribution in [3.8, 4) is 0 Å². The standard InChI is InChI=1S/C19H27NO3S/c1-8-15(13-9-11-14(12-10-13)18(2,3)4)16(17(21)22)20-24(23)19(5,6)7/h9-12,16,20H,1H2,2-7H3,(H,21,22)/t16-,24?/m0/s1. The molecule has 1 aromatic carbocycles. The Kier molecular flexibility index (Phi) is 6.34. The lowest BCUT2D eigenvalue weighted by atomic mass is 9.86. The fourth-order valence-electron chi connectivity index (χ4n) is 2.04. The van der Waals surface area contributed by atoms with Gasteiger partial charge in [-0.05, 0) is 37.3 Å². The minimum atomic E-state index is -1.52. The van der Waals surface area contributed by atoms with E-state index < -0.39 is 27.7 Å². The topological polar surface area (TPSA) is 66.4 Å². The summed E-state index contributed by atoms with van der Waals surface area (Å²) in [5, 5.41) is 9.55. The highest BCUT2D eigenvalue weighted by Gasteiger charge is 2.30. The van der Waals surface area contributed by atoms with Gasteiger partial charge in [0.15, 0.2) is 0 Å². The summed E-state index contributed by atoms with van der Waals surface area (Å²) in [6.45, 7) is 15.3. The van der Waals surface area contributed by atoms with Gasteiger partial charge in [0.1, 0.15) is 6.04 Å². The number of rotatable bonds is 5. The highest BCUT2D eigenvalue weighted by Crippen LogP contribution is 2.25. The van der Waals surface area contributed by atoms with Gasteiger partial charge in [-0.1, -0.05) is 51.6 Å². The van der Waals surface area contributed by atoms with Crippen LogP contribution in [-0.2, 0) is 21.2 Å². The van der Waals surface area contributed by atoms with Crippen LogP contribution in [0, 0.1) is 0 Å². The molecule has 0 spiro atoms. The molecule has 24 heavy (non-hydrogen) atoms. The van der Waals surface area contributed by atoms with Crippen LogP contribution >= 0.6 is 0 Å². The zero-order valence-corrected chi connectivity index (χ0v) is 16.1. The Morgan fingerprint density at radius 2 is 1.67 bits per heavy atom. The smallest absolute Gasteiger partial charge is 0.326 e. The lowest BCUT2D eigenvalue weighted by Crippen LogP contribution is -2.44. The van der Waals surface area contributed by atoms with Crippen LogP contribution in [-0.4, -0.2) is 26.1 Å². The summed E-state index contributed by atoms with van der Waals surface area (Å²) in [7, 11) is -1.52. The summed E-state index contributed by atoms with van der Waals surface area (Å²) < 4.78 is 14.4. The van der Waals surface area contributed by atoms with Gasteiger partial charge in [-0.25, -0.2) is 8.93 Å². The predicted molar refractivity (Wildman–Crippen MR) is 100 cm³/mol. The van der Waals surface area contributed by atoms with E-state index in [1.807, 2.05) is 24.3 Å². The average molecular weight is 349 g/mol. The first-order valence-corrected chi connectivity index (χ1v) is 8.94. The third-order valence-electron chi connectivity index (χ3n) is 3.57. The summed E-state index contributed by atoms with van der Waals surface area (Å²) in [5.74, 6) is -1.11. The van der Waals surface area contributed by atoms with Crippen LogP contribution in [0.25, 0.3) is 5.57 Å². The zero-order chi connectivity index (χ0) is 18.7. The third-order valence-corrected chi connectivity index (χ3v) is 5.13.